The molecule has 3 heteroatoms. The maximum Gasteiger partial charge on any atom is 0.0307 e. The lowest BCUT2D eigenvalue weighted by molar-refractivity contribution is 0.0795. The van der Waals surface area contributed by atoms with Crippen LogP contribution in [0.1, 0.15) is 27.2 Å². The highest BCUT2D eigenvalue weighted by Gasteiger charge is 2.38. The van der Waals surface area contributed by atoms with E-state index in [1.165, 1.54) is 16.7 Å². The Morgan fingerprint density at radius 3 is 1.79 bits per heavy atom. The van der Waals surface area contributed by atoms with Gasteiger partial charge in [-0.1, -0.05) is 20.3 Å². The summed E-state index contributed by atoms with van der Waals surface area (Å²) in [5.74, 6) is 0.765. The van der Waals surface area contributed by atoms with Gasteiger partial charge in [-0.3, -0.25) is 0 Å². The van der Waals surface area contributed by atoms with Gasteiger partial charge in [0.15, 0.2) is 0 Å². The molecule has 0 aliphatic heterocycles. The van der Waals surface area contributed by atoms with E-state index < -0.39 is 0 Å². The number of likely N-dealkylation sites (N-methyl/N-ethyl adjacent to an activating group) is 2. The average molecular weight is 216 g/mol. The summed E-state index contributed by atoms with van der Waals surface area (Å²) in [5.41, 5.74) is 0. The van der Waals surface area contributed by atoms with Crippen LogP contribution in [0.4, 0.5) is 0 Å². The van der Waals surface area contributed by atoms with Crippen LogP contribution in [0.25, 0.3) is 0 Å². The van der Waals surface area contributed by atoms with Gasteiger partial charge in [0.05, 0.1) is 0 Å². The Morgan fingerprint density at radius 1 is 1.14 bits per heavy atom. The first-order chi connectivity index (χ1) is 6.28. The zero-order valence-electron chi connectivity index (χ0n) is 11.3. The Balaban J connectivity index is 4.89. The third-order valence-corrected chi connectivity index (χ3v) is 6.91. The molecule has 0 amide bonds. The van der Waals surface area contributed by atoms with Crippen LogP contribution in [0.15, 0.2) is 0 Å². The SMILES string of the molecule is CCC(C)C([SiH3])(C(C)N(C)C)N(C)C. The third kappa shape index (κ3) is 2.58. The highest BCUT2D eigenvalue weighted by molar-refractivity contribution is 6.16. The van der Waals surface area contributed by atoms with Gasteiger partial charge in [-0.15, -0.1) is 0 Å². The smallest absolute Gasteiger partial charge is 0.0307 e. The predicted octanol–water partition coefficient (Wildman–Crippen LogP) is 0.606. The molecular weight excluding hydrogens is 188 g/mol. The van der Waals surface area contributed by atoms with Gasteiger partial charge in [-0.2, -0.15) is 0 Å². The maximum atomic E-state index is 2.43. The molecular formula is C11H28N2Si. The van der Waals surface area contributed by atoms with Crippen molar-refractivity contribution < 1.29 is 0 Å². The van der Waals surface area contributed by atoms with Crippen LogP contribution in [0.5, 0.6) is 0 Å². The number of rotatable bonds is 5. The van der Waals surface area contributed by atoms with Crippen molar-refractivity contribution in [3.63, 3.8) is 0 Å². The van der Waals surface area contributed by atoms with E-state index in [0.717, 1.165) is 5.92 Å². The third-order valence-electron chi connectivity index (χ3n) is 4.19. The van der Waals surface area contributed by atoms with Crippen molar-refractivity contribution in [2.75, 3.05) is 28.2 Å². The number of hydrogen-bond acceptors (Lipinski definition) is 2. The molecule has 3 unspecified atom stereocenters. The number of nitrogens with zero attached hydrogens (tertiary/aromatic N) is 2. The molecule has 0 saturated heterocycles. The van der Waals surface area contributed by atoms with Gasteiger partial charge in [0.25, 0.3) is 0 Å². The molecule has 0 aromatic rings. The lowest BCUT2D eigenvalue weighted by Gasteiger charge is -2.48. The highest BCUT2D eigenvalue weighted by atomic mass is 28.1. The summed E-state index contributed by atoms with van der Waals surface area (Å²) >= 11 is 0. The van der Waals surface area contributed by atoms with Crippen LogP contribution in [0, 0.1) is 5.92 Å². The van der Waals surface area contributed by atoms with Gasteiger partial charge < -0.3 is 9.80 Å². The van der Waals surface area contributed by atoms with Crippen molar-refractivity contribution in [3.05, 3.63) is 0 Å². The van der Waals surface area contributed by atoms with Gasteiger partial charge in [-0.05, 0) is 41.0 Å². The Kier molecular flexibility index (Phi) is 5.34. The van der Waals surface area contributed by atoms with Crippen molar-refractivity contribution >= 4 is 10.2 Å². The molecule has 0 heterocycles. The van der Waals surface area contributed by atoms with E-state index in [4.69, 9.17) is 0 Å². The van der Waals surface area contributed by atoms with Crippen molar-refractivity contribution in [1.29, 1.82) is 0 Å². The lowest BCUT2D eigenvalue weighted by Crippen LogP contribution is -2.61. The van der Waals surface area contributed by atoms with E-state index in [0.29, 0.717) is 11.2 Å². The van der Waals surface area contributed by atoms with Crippen molar-refractivity contribution in [2.24, 2.45) is 5.92 Å². The first-order valence-corrected chi connectivity index (χ1v) is 6.62. The largest absolute Gasteiger partial charge is 0.306 e. The van der Waals surface area contributed by atoms with E-state index in [1.54, 1.807) is 0 Å². The number of hydrogen-bond donors (Lipinski definition) is 0. The van der Waals surface area contributed by atoms with Crippen LogP contribution in [0.3, 0.4) is 0 Å². The summed E-state index contributed by atoms with van der Waals surface area (Å²) in [7, 11) is 10.0. The summed E-state index contributed by atoms with van der Waals surface area (Å²) in [6, 6.07) is 0.624. The molecule has 2 nitrogen and oxygen atoms in total. The van der Waals surface area contributed by atoms with Gasteiger partial charge in [0.1, 0.15) is 0 Å². The molecule has 0 aliphatic rings. The maximum absolute atomic E-state index is 2.43. The Bertz CT molecular complexity index is 171. The van der Waals surface area contributed by atoms with Crippen LogP contribution in [0.2, 0.25) is 0 Å². The van der Waals surface area contributed by atoms with Crippen molar-refractivity contribution in [2.45, 2.75) is 38.4 Å². The summed E-state index contributed by atoms with van der Waals surface area (Å²) in [5, 5.41) is 0.387. The Hall–Kier alpha value is 0.137. The van der Waals surface area contributed by atoms with Crippen LogP contribution < -0.4 is 0 Å². The van der Waals surface area contributed by atoms with Gasteiger partial charge in [-0.25, -0.2) is 0 Å². The first kappa shape index (κ1) is 14.1. The first-order valence-electron chi connectivity index (χ1n) is 5.62. The Morgan fingerprint density at radius 2 is 1.57 bits per heavy atom. The summed E-state index contributed by atoms with van der Waals surface area (Å²) in [6.45, 7) is 7.02. The van der Waals surface area contributed by atoms with Gasteiger partial charge >= 0.3 is 0 Å². The Labute approximate surface area is 93.1 Å². The normalized spacial score (nSPS) is 21.2. The minimum absolute atomic E-state index is 0.387. The fourth-order valence-electron chi connectivity index (χ4n) is 2.16. The lowest BCUT2D eigenvalue weighted by atomic mass is 9.90. The van der Waals surface area contributed by atoms with Crippen LogP contribution >= 0.6 is 0 Å². The molecule has 0 fully saturated rings. The summed E-state index contributed by atoms with van der Waals surface area (Å²) in [4.78, 5) is 4.78. The molecule has 0 aliphatic carbocycles. The predicted molar refractivity (Wildman–Crippen MR) is 69.0 cm³/mol. The zero-order chi connectivity index (χ0) is 11.5. The molecule has 86 valence electrons. The second kappa shape index (κ2) is 5.28. The fourth-order valence-corrected chi connectivity index (χ4v) is 3.09. The molecule has 0 rings (SSSR count). The quantitative estimate of drug-likeness (QED) is 0.621. The molecule has 0 aromatic heterocycles. The van der Waals surface area contributed by atoms with E-state index in [1.807, 2.05) is 0 Å². The van der Waals surface area contributed by atoms with E-state index >= 15 is 0 Å². The average Bonchev–Trinajstić information content (AvgIpc) is 2.13. The monoisotopic (exact) mass is 216 g/mol. The van der Waals surface area contributed by atoms with E-state index in [-0.39, 0.29) is 0 Å². The summed E-state index contributed by atoms with van der Waals surface area (Å²) < 4.78 is 0. The second-order valence-corrected chi connectivity index (χ2v) is 6.67. The standard InChI is InChI=1S/C11H28N2Si/c1-8-9(2)11(14,13(6)7)10(3)12(4)5/h9-10H,8H2,1-7,14H3. The molecule has 14 heavy (non-hydrogen) atoms. The molecule has 0 aromatic carbocycles. The van der Waals surface area contributed by atoms with Gasteiger partial charge in [0.2, 0.25) is 0 Å². The topological polar surface area (TPSA) is 6.48 Å². The van der Waals surface area contributed by atoms with Crippen molar-refractivity contribution in [3.8, 4) is 0 Å². The van der Waals surface area contributed by atoms with Crippen LogP contribution in [-0.4, -0.2) is 59.4 Å². The van der Waals surface area contributed by atoms with E-state index in [9.17, 15) is 0 Å². The molecule has 0 spiro atoms. The molecule has 0 radical (unpaired) electrons. The minimum atomic E-state index is 0.387. The van der Waals surface area contributed by atoms with Crippen molar-refractivity contribution in [1.82, 2.24) is 9.80 Å². The molecule has 0 N–H and O–H groups in total. The molecule has 3 atom stereocenters. The van der Waals surface area contributed by atoms with E-state index in [2.05, 4.69) is 58.8 Å². The fraction of sp³-hybridized carbons (Fsp3) is 1.00. The molecule has 0 saturated carbocycles. The minimum Gasteiger partial charge on any atom is -0.306 e. The second-order valence-electron chi connectivity index (χ2n) is 5.07. The zero-order valence-corrected chi connectivity index (χ0v) is 13.3. The highest BCUT2D eigenvalue weighted by Crippen LogP contribution is 2.28. The van der Waals surface area contributed by atoms with Crippen LogP contribution in [-0.2, 0) is 0 Å². The molecule has 0 bridgehead atoms. The van der Waals surface area contributed by atoms with Gasteiger partial charge in [0, 0.05) is 21.4 Å². The summed E-state index contributed by atoms with van der Waals surface area (Å²) in [6.07, 6.45) is 1.26.